The SMILES string of the molecule is CCCNC(=O)[C@@H](CC)N(Cc1ccccc1C)C(=O)CSCc1c(F)cccc1Cl. The van der Waals surface area contributed by atoms with E-state index < -0.39 is 6.04 Å². The minimum atomic E-state index is -0.559. The molecule has 2 aromatic carbocycles. The molecule has 0 saturated carbocycles. The summed E-state index contributed by atoms with van der Waals surface area (Å²) in [5.41, 5.74) is 2.45. The molecule has 4 nitrogen and oxygen atoms in total. The van der Waals surface area contributed by atoms with Crippen molar-refractivity contribution in [2.24, 2.45) is 0 Å². The zero-order chi connectivity index (χ0) is 22.8. The van der Waals surface area contributed by atoms with Gasteiger partial charge >= 0.3 is 0 Å². The van der Waals surface area contributed by atoms with Crippen molar-refractivity contribution in [1.29, 1.82) is 0 Å². The topological polar surface area (TPSA) is 49.4 Å². The highest BCUT2D eigenvalue weighted by Crippen LogP contribution is 2.25. The Morgan fingerprint density at radius 2 is 1.90 bits per heavy atom. The van der Waals surface area contributed by atoms with Crippen molar-refractivity contribution >= 4 is 35.2 Å². The maximum Gasteiger partial charge on any atom is 0.242 e. The largest absolute Gasteiger partial charge is 0.354 e. The first-order chi connectivity index (χ1) is 14.9. The summed E-state index contributed by atoms with van der Waals surface area (Å²) in [5, 5.41) is 3.26. The van der Waals surface area contributed by atoms with E-state index in [1.54, 1.807) is 17.0 Å². The third kappa shape index (κ3) is 7.25. The van der Waals surface area contributed by atoms with Gasteiger partial charge in [0.25, 0.3) is 0 Å². The van der Waals surface area contributed by atoms with E-state index in [0.717, 1.165) is 17.5 Å². The Kier molecular flexibility index (Phi) is 10.3. The first-order valence-corrected chi connectivity index (χ1v) is 12.0. The van der Waals surface area contributed by atoms with Crippen molar-refractivity contribution in [1.82, 2.24) is 10.2 Å². The van der Waals surface area contributed by atoms with Crippen molar-refractivity contribution < 1.29 is 14.0 Å². The third-order valence-electron chi connectivity index (χ3n) is 5.07. The van der Waals surface area contributed by atoms with Gasteiger partial charge in [-0.3, -0.25) is 9.59 Å². The molecule has 2 aromatic rings. The molecule has 0 aliphatic heterocycles. The highest BCUT2D eigenvalue weighted by molar-refractivity contribution is 7.99. The Morgan fingerprint density at radius 3 is 2.55 bits per heavy atom. The first-order valence-electron chi connectivity index (χ1n) is 10.5. The number of hydrogen-bond donors (Lipinski definition) is 1. The van der Waals surface area contributed by atoms with Crippen molar-refractivity contribution in [2.45, 2.75) is 52.0 Å². The highest BCUT2D eigenvalue weighted by atomic mass is 35.5. The standard InChI is InChI=1S/C24H30ClFN2O2S/c1-4-13-27-24(30)22(5-2)28(14-18-10-7-6-9-17(18)3)23(29)16-31-15-19-20(25)11-8-12-21(19)26/h6-12,22H,4-5,13-16H2,1-3H3,(H,27,30)/t22-/m1/s1. The summed E-state index contributed by atoms with van der Waals surface area (Å²) in [6, 6.07) is 11.8. The van der Waals surface area contributed by atoms with Crippen molar-refractivity contribution in [3.63, 3.8) is 0 Å². The van der Waals surface area contributed by atoms with Crippen LogP contribution >= 0.6 is 23.4 Å². The maximum atomic E-state index is 14.0. The minimum Gasteiger partial charge on any atom is -0.354 e. The summed E-state index contributed by atoms with van der Waals surface area (Å²) in [4.78, 5) is 27.6. The van der Waals surface area contributed by atoms with Crippen molar-refractivity contribution in [3.8, 4) is 0 Å². The number of benzene rings is 2. The molecule has 2 rings (SSSR count). The molecule has 2 amide bonds. The second kappa shape index (κ2) is 12.7. The molecule has 1 N–H and O–H groups in total. The fraction of sp³-hybridized carbons (Fsp3) is 0.417. The van der Waals surface area contributed by atoms with E-state index in [9.17, 15) is 14.0 Å². The Morgan fingerprint density at radius 1 is 1.16 bits per heavy atom. The summed E-state index contributed by atoms with van der Waals surface area (Å²) in [6.07, 6.45) is 1.34. The van der Waals surface area contributed by atoms with E-state index in [2.05, 4.69) is 5.32 Å². The van der Waals surface area contributed by atoms with Crippen LogP contribution in [0.4, 0.5) is 4.39 Å². The summed E-state index contributed by atoms with van der Waals surface area (Å²) < 4.78 is 14.0. The number of thioether (sulfide) groups is 1. The van der Waals surface area contributed by atoms with E-state index in [4.69, 9.17) is 11.6 Å². The van der Waals surface area contributed by atoms with Crippen molar-refractivity contribution in [3.05, 3.63) is 70.0 Å². The smallest absolute Gasteiger partial charge is 0.242 e. The van der Waals surface area contributed by atoms with Gasteiger partial charge in [0, 0.05) is 29.4 Å². The number of aryl methyl sites for hydroxylation is 1. The van der Waals surface area contributed by atoms with Gasteiger partial charge in [0.15, 0.2) is 0 Å². The van der Waals surface area contributed by atoms with Gasteiger partial charge < -0.3 is 10.2 Å². The lowest BCUT2D eigenvalue weighted by molar-refractivity contribution is -0.139. The van der Waals surface area contributed by atoms with Crippen LogP contribution in [0.3, 0.4) is 0 Å². The average Bonchev–Trinajstić information content (AvgIpc) is 2.75. The number of hydrogen-bond acceptors (Lipinski definition) is 3. The van der Waals surface area contributed by atoms with Crippen LogP contribution in [0.2, 0.25) is 5.02 Å². The summed E-state index contributed by atoms with van der Waals surface area (Å²) in [5.74, 6) is -0.259. The zero-order valence-electron chi connectivity index (χ0n) is 18.3. The fourth-order valence-electron chi connectivity index (χ4n) is 3.25. The van der Waals surface area contributed by atoms with E-state index in [0.29, 0.717) is 30.1 Å². The van der Waals surface area contributed by atoms with Crippen LogP contribution in [-0.2, 0) is 21.9 Å². The molecule has 1 atom stereocenters. The van der Waals surface area contributed by atoms with Gasteiger partial charge in [0.05, 0.1) is 5.75 Å². The van der Waals surface area contributed by atoms with Gasteiger partial charge in [0.1, 0.15) is 11.9 Å². The number of amides is 2. The molecule has 0 bridgehead atoms. The van der Waals surface area contributed by atoms with Gasteiger partial charge in [-0.1, -0.05) is 55.8 Å². The molecule has 0 aromatic heterocycles. The maximum absolute atomic E-state index is 14.0. The summed E-state index contributed by atoms with van der Waals surface area (Å²) in [7, 11) is 0. The molecule has 0 aliphatic carbocycles. The second-order valence-corrected chi connectivity index (χ2v) is 8.75. The molecule has 7 heteroatoms. The lowest BCUT2D eigenvalue weighted by atomic mass is 10.1. The molecule has 168 valence electrons. The predicted molar refractivity (Wildman–Crippen MR) is 127 cm³/mol. The Bertz CT molecular complexity index is 873. The van der Waals surface area contributed by atoms with Crippen LogP contribution in [0.15, 0.2) is 42.5 Å². The number of halogens is 2. The number of carbonyl (C=O) groups excluding carboxylic acids is 2. The second-order valence-electron chi connectivity index (χ2n) is 7.36. The zero-order valence-corrected chi connectivity index (χ0v) is 19.9. The summed E-state index contributed by atoms with van der Waals surface area (Å²) >= 11 is 7.39. The molecule has 0 radical (unpaired) electrons. The quantitative estimate of drug-likeness (QED) is 0.487. The Labute approximate surface area is 193 Å². The number of carbonyl (C=O) groups is 2. The molecule has 0 unspecified atom stereocenters. The number of nitrogens with zero attached hydrogens (tertiary/aromatic N) is 1. The van der Waals surface area contributed by atoms with Gasteiger partial charge in [-0.15, -0.1) is 11.8 Å². The van der Waals surface area contributed by atoms with Gasteiger partial charge in [-0.25, -0.2) is 4.39 Å². The normalized spacial score (nSPS) is 11.8. The molecule has 0 aliphatic rings. The first kappa shape index (κ1) is 25.2. The molecule has 31 heavy (non-hydrogen) atoms. The highest BCUT2D eigenvalue weighted by Gasteiger charge is 2.28. The lowest BCUT2D eigenvalue weighted by Crippen LogP contribution is -2.49. The molecule has 0 saturated heterocycles. The van der Waals surface area contributed by atoms with Gasteiger partial charge in [0.2, 0.25) is 11.8 Å². The van der Waals surface area contributed by atoms with Crippen LogP contribution in [0, 0.1) is 12.7 Å². The predicted octanol–water partition coefficient (Wildman–Crippen LogP) is 5.35. The van der Waals surface area contributed by atoms with Crippen LogP contribution in [0.5, 0.6) is 0 Å². The average molecular weight is 465 g/mol. The molecule has 0 spiro atoms. The molecular weight excluding hydrogens is 435 g/mol. The van der Waals surface area contributed by atoms with E-state index in [1.165, 1.54) is 17.8 Å². The van der Waals surface area contributed by atoms with E-state index in [-0.39, 0.29) is 29.1 Å². The van der Waals surface area contributed by atoms with Crippen LogP contribution in [0.1, 0.15) is 43.4 Å². The van der Waals surface area contributed by atoms with Crippen LogP contribution in [-0.4, -0.2) is 35.1 Å². The minimum absolute atomic E-state index is 0.133. The van der Waals surface area contributed by atoms with Gasteiger partial charge in [-0.2, -0.15) is 0 Å². The van der Waals surface area contributed by atoms with Crippen LogP contribution < -0.4 is 5.32 Å². The molecule has 0 fully saturated rings. The number of rotatable bonds is 11. The third-order valence-corrected chi connectivity index (χ3v) is 6.37. The fourth-order valence-corrected chi connectivity index (χ4v) is 4.50. The molecule has 0 heterocycles. The van der Waals surface area contributed by atoms with E-state index in [1.807, 2.05) is 45.0 Å². The lowest BCUT2D eigenvalue weighted by Gasteiger charge is -2.31. The van der Waals surface area contributed by atoms with Crippen molar-refractivity contribution in [2.75, 3.05) is 12.3 Å². The van der Waals surface area contributed by atoms with Crippen LogP contribution in [0.25, 0.3) is 0 Å². The number of nitrogens with one attached hydrogen (secondary N) is 1. The van der Waals surface area contributed by atoms with Gasteiger partial charge in [-0.05, 0) is 43.0 Å². The summed E-state index contributed by atoms with van der Waals surface area (Å²) in [6.45, 7) is 6.81. The van der Waals surface area contributed by atoms with E-state index >= 15 is 0 Å². The molecular formula is C24H30ClFN2O2S. The Balaban J connectivity index is 2.16. The Hall–Kier alpha value is -2.05. The monoisotopic (exact) mass is 464 g/mol.